The van der Waals surface area contributed by atoms with Crippen LogP contribution in [-0.2, 0) is 13.1 Å². The fourth-order valence-electron chi connectivity index (χ4n) is 2.03. The third-order valence-corrected chi connectivity index (χ3v) is 2.88. The summed E-state index contributed by atoms with van der Waals surface area (Å²) in [7, 11) is 0. The molecule has 1 aromatic carbocycles. The molecule has 2 aromatic rings. The number of hydrogen-bond acceptors (Lipinski definition) is 2. The predicted octanol–water partition coefficient (Wildman–Crippen LogP) is 3.31. The molecule has 1 aromatic heterocycles. The molecule has 2 heteroatoms. The Hall–Kier alpha value is -1.67. The standard InChI is InChI=1S/C16H19N2/c1-2-12-18(13-15-6-4-3-5-7-15)14-16-8-10-17-11-9-16/h3-11H,1-2,12-14H2. The average Bonchev–Trinajstić information content (AvgIpc) is 2.41. The van der Waals surface area contributed by atoms with Crippen molar-refractivity contribution in [3.8, 4) is 0 Å². The van der Waals surface area contributed by atoms with E-state index in [0.717, 1.165) is 26.1 Å². The second kappa shape index (κ2) is 6.92. The summed E-state index contributed by atoms with van der Waals surface area (Å²) < 4.78 is 0. The summed E-state index contributed by atoms with van der Waals surface area (Å²) in [5, 5.41) is 0. The van der Waals surface area contributed by atoms with Crippen molar-refractivity contribution in [1.82, 2.24) is 9.88 Å². The molecule has 2 rings (SSSR count). The Kier molecular flexibility index (Phi) is 4.91. The molecule has 0 aliphatic rings. The van der Waals surface area contributed by atoms with Gasteiger partial charge in [-0.15, -0.1) is 0 Å². The Balaban J connectivity index is 2.00. The van der Waals surface area contributed by atoms with Crippen LogP contribution in [0, 0.1) is 6.92 Å². The normalized spacial score (nSPS) is 10.8. The molecule has 0 amide bonds. The van der Waals surface area contributed by atoms with E-state index in [0.29, 0.717) is 0 Å². The van der Waals surface area contributed by atoms with E-state index in [1.165, 1.54) is 11.1 Å². The van der Waals surface area contributed by atoms with Crippen LogP contribution in [-0.4, -0.2) is 16.4 Å². The fourth-order valence-corrected chi connectivity index (χ4v) is 2.03. The van der Waals surface area contributed by atoms with Gasteiger partial charge in [-0.3, -0.25) is 9.88 Å². The van der Waals surface area contributed by atoms with Gasteiger partial charge in [-0.05, 0) is 36.2 Å². The van der Waals surface area contributed by atoms with E-state index in [1.54, 1.807) is 0 Å². The van der Waals surface area contributed by atoms with E-state index in [2.05, 4.69) is 59.3 Å². The predicted molar refractivity (Wildman–Crippen MR) is 74.8 cm³/mol. The average molecular weight is 239 g/mol. The number of hydrogen-bond donors (Lipinski definition) is 0. The van der Waals surface area contributed by atoms with Crippen molar-refractivity contribution in [1.29, 1.82) is 0 Å². The van der Waals surface area contributed by atoms with Crippen LogP contribution in [0.15, 0.2) is 54.9 Å². The summed E-state index contributed by atoms with van der Waals surface area (Å²) in [6.07, 6.45) is 4.62. The molecule has 0 fully saturated rings. The molecule has 0 aliphatic carbocycles. The molecule has 0 atom stereocenters. The number of aromatic nitrogens is 1. The van der Waals surface area contributed by atoms with Gasteiger partial charge < -0.3 is 0 Å². The first-order valence-electron chi connectivity index (χ1n) is 6.33. The second-order valence-corrected chi connectivity index (χ2v) is 4.41. The summed E-state index contributed by atoms with van der Waals surface area (Å²) in [5.41, 5.74) is 2.65. The molecule has 2 nitrogen and oxygen atoms in total. The third kappa shape index (κ3) is 3.97. The van der Waals surface area contributed by atoms with Crippen LogP contribution >= 0.6 is 0 Å². The van der Waals surface area contributed by atoms with Crippen LogP contribution in [0.4, 0.5) is 0 Å². The van der Waals surface area contributed by atoms with Crippen LogP contribution in [0.25, 0.3) is 0 Å². The van der Waals surface area contributed by atoms with E-state index < -0.39 is 0 Å². The monoisotopic (exact) mass is 239 g/mol. The largest absolute Gasteiger partial charge is 0.295 e. The maximum absolute atomic E-state index is 4.05. The van der Waals surface area contributed by atoms with E-state index in [1.807, 2.05) is 12.4 Å². The van der Waals surface area contributed by atoms with Crippen LogP contribution < -0.4 is 0 Å². The van der Waals surface area contributed by atoms with Crippen molar-refractivity contribution in [3.63, 3.8) is 0 Å². The molecule has 0 saturated carbocycles. The van der Waals surface area contributed by atoms with Gasteiger partial charge in [0.2, 0.25) is 0 Å². The van der Waals surface area contributed by atoms with Gasteiger partial charge in [-0.25, -0.2) is 0 Å². The smallest absolute Gasteiger partial charge is 0.0271 e. The van der Waals surface area contributed by atoms with Crippen LogP contribution in [0.5, 0.6) is 0 Å². The Morgan fingerprint density at radius 3 is 2.11 bits per heavy atom. The maximum atomic E-state index is 4.05. The minimum absolute atomic E-state index is 0.928. The molecule has 0 N–H and O–H groups in total. The molecule has 18 heavy (non-hydrogen) atoms. The fraction of sp³-hybridized carbons (Fsp3) is 0.250. The minimum atomic E-state index is 0.928. The highest BCUT2D eigenvalue weighted by Gasteiger charge is 2.05. The summed E-state index contributed by atoms with van der Waals surface area (Å²) >= 11 is 0. The van der Waals surface area contributed by atoms with Crippen molar-refractivity contribution in [2.75, 3.05) is 6.54 Å². The van der Waals surface area contributed by atoms with E-state index >= 15 is 0 Å². The van der Waals surface area contributed by atoms with Gasteiger partial charge in [0.05, 0.1) is 0 Å². The van der Waals surface area contributed by atoms with Gasteiger partial charge in [0.1, 0.15) is 0 Å². The Morgan fingerprint density at radius 2 is 1.50 bits per heavy atom. The summed E-state index contributed by atoms with van der Waals surface area (Å²) in [6, 6.07) is 14.7. The van der Waals surface area contributed by atoms with Gasteiger partial charge in [0.15, 0.2) is 0 Å². The molecule has 0 unspecified atom stereocenters. The second-order valence-electron chi connectivity index (χ2n) is 4.41. The van der Waals surface area contributed by atoms with Crippen molar-refractivity contribution in [3.05, 3.63) is 72.9 Å². The zero-order valence-electron chi connectivity index (χ0n) is 10.6. The summed E-state index contributed by atoms with van der Waals surface area (Å²) in [6.45, 7) is 6.89. The molecule has 1 heterocycles. The maximum Gasteiger partial charge on any atom is 0.0271 e. The highest BCUT2D eigenvalue weighted by molar-refractivity contribution is 5.15. The number of benzene rings is 1. The lowest BCUT2D eigenvalue weighted by Gasteiger charge is -2.21. The minimum Gasteiger partial charge on any atom is -0.295 e. The highest BCUT2D eigenvalue weighted by Crippen LogP contribution is 2.09. The van der Waals surface area contributed by atoms with Crippen molar-refractivity contribution >= 4 is 0 Å². The first-order chi connectivity index (χ1) is 8.88. The van der Waals surface area contributed by atoms with Crippen LogP contribution in [0.2, 0.25) is 0 Å². The van der Waals surface area contributed by atoms with Gasteiger partial charge in [0, 0.05) is 25.5 Å². The SMILES string of the molecule is [CH2]CCN(Cc1ccccc1)Cc1ccncc1. The first kappa shape index (κ1) is 12.8. The highest BCUT2D eigenvalue weighted by atomic mass is 15.1. The lowest BCUT2D eigenvalue weighted by Crippen LogP contribution is -2.23. The Bertz CT molecular complexity index is 398. The van der Waals surface area contributed by atoms with E-state index in [4.69, 9.17) is 0 Å². The van der Waals surface area contributed by atoms with Gasteiger partial charge in [0.25, 0.3) is 0 Å². The molecule has 0 saturated heterocycles. The Labute approximate surface area is 109 Å². The van der Waals surface area contributed by atoms with Crippen LogP contribution in [0.1, 0.15) is 17.5 Å². The Morgan fingerprint density at radius 1 is 0.889 bits per heavy atom. The molecule has 0 bridgehead atoms. The molecular formula is C16H19N2. The van der Waals surface area contributed by atoms with E-state index in [9.17, 15) is 0 Å². The zero-order chi connectivity index (χ0) is 12.6. The molecule has 0 spiro atoms. The van der Waals surface area contributed by atoms with Gasteiger partial charge in [-0.1, -0.05) is 37.3 Å². The van der Waals surface area contributed by atoms with Gasteiger partial charge in [-0.2, -0.15) is 0 Å². The van der Waals surface area contributed by atoms with Crippen LogP contribution in [0.3, 0.4) is 0 Å². The lowest BCUT2D eigenvalue weighted by atomic mass is 10.2. The first-order valence-corrected chi connectivity index (χ1v) is 6.33. The number of nitrogens with zero attached hydrogens (tertiary/aromatic N) is 2. The lowest BCUT2D eigenvalue weighted by molar-refractivity contribution is 0.261. The molecule has 0 aliphatic heterocycles. The summed E-state index contributed by atoms with van der Waals surface area (Å²) in [4.78, 5) is 6.47. The summed E-state index contributed by atoms with van der Waals surface area (Å²) in [5.74, 6) is 0. The quantitative estimate of drug-likeness (QED) is 0.769. The third-order valence-electron chi connectivity index (χ3n) is 2.88. The molecular weight excluding hydrogens is 220 g/mol. The molecule has 1 radical (unpaired) electrons. The topological polar surface area (TPSA) is 16.1 Å². The van der Waals surface area contributed by atoms with E-state index in [-0.39, 0.29) is 0 Å². The number of rotatable bonds is 6. The van der Waals surface area contributed by atoms with Crippen molar-refractivity contribution in [2.45, 2.75) is 19.5 Å². The number of pyridine rings is 1. The van der Waals surface area contributed by atoms with Gasteiger partial charge >= 0.3 is 0 Å². The molecule has 93 valence electrons. The van der Waals surface area contributed by atoms with Crippen molar-refractivity contribution in [2.24, 2.45) is 0 Å². The zero-order valence-corrected chi connectivity index (χ0v) is 10.6. The van der Waals surface area contributed by atoms with Crippen molar-refractivity contribution < 1.29 is 0 Å².